The van der Waals surface area contributed by atoms with E-state index in [4.69, 9.17) is 4.74 Å². The number of ether oxygens (including phenoxy) is 1. The Morgan fingerprint density at radius 1 is 0.380 bits per heavy atom. The number of hydrogen-bond donors (Lipinski definition) is 3. The van der Waals surface area contributed by atoms with Crippen LogP contribution in [0.5, 0.6) is 0 Å². The van der Waals surface area contributed by atoms with Gasteiger partial charge < -0.3 is 20.3 Å². The van der Waals surface area contributed by atoms with E-state index in [1.54, 1.807) is 0 Å². The smallest absolute Gasteiger partial charge is 0.305 e. The van der Waals surface area contributed by atoms with E-state index in [2.05, 4.69) is 31.3 Å². The van der Waals surface area contributed by atoms with Gasteiger partial charge in [0.2, 0.25) is 5.91 Å². The second-order valence-electron chi connectivity index (χ2n) is 22.5. The molecule has 0 aromatic heterocycles. The Morgan fingerprint density at radius 2 is 0.662 bits per heavy atom. The van der Waals surface area contributed by atoms with Crippen molar-refractivity contribution in [1.29, 1.82) is 0 Å². The number of esters is 1. The molecule has 0 saturated carbocycles. The lowest BCUT2D eigenvalue weighted by atomic mass is 10.0. The number of amides is 1. The summed E-state index contributed by atoms with van der Waals surface area (Å²) in [6.07, 6.45) is 74.0. The van der Waals surface area contributed by atoms with Crippen LogP contribution in [-0.4, -0.2) is 47.4 Å². The van der Waals surface area contributed by atoms with Gasteiger partial charge in [0.15, 0.2) is 0 Å². The molecule has 2 unspecified atom stereocenters. The van der Waals surface area contributed by atoms with E-state index < -0.39 is 12.1 Å². The average Bonchev–Trinajstić information content (AvgIpc) is 3.37. The normalized spacial score (nSPS) is 12.6. The molecule has 1 amide bonds. The highest BCUT2D eigenvalue weighted by Gasteiger charge is 2.20. The minimum absolute atomic E-state index is 0.0120. The summed E-state index contributed by atoms with van der Waals surface area (Å²) < 4.78 is 5.48. The molecule has 2 atom stereocenters. The van der Waals surface area contributed by atoms with Crippen molar-refractivity contribution in [1.82, 2.24) is 5.32 Å². The SMILES string of the molecule is CCCCCCC/C=C\CCCCCCCC(=O)OCCCCCCCCCCCCCCCCCCCCCCCCCCCCCCCCC(=O)NC(CO)C(O)CCCCCCCCCCCC. The van der Waals surface area contributed by atoms with Crippen LogP contribution >= 0.6 is 0 Å². The van der Waals surface area contributed by atoms with Gasteiger partial charge in [-0.25, -0.2) is 0 Å². The van der Waals surface area contributed by atoms with Crippen molar-refractivity contribution >= 4 is 11.9 Å². The zero-order valence-corrected chi connectivity index (χ0v) is 48.2. The van der Waals surface area contributed by atoms with Gasteiger partial charge in [-0.05, 0) is 51.4 Å². The molecule has 6 heteroatoms. The molecule has 0 aliphatic heterocycles. The molecule has 6 nitrogen and oxygen atoms in total. The van der Waals surface area contributed by atoms with Crippen molar-refractivity contribution in [2.45, 2.75) is 379 Å². The van der Waals surface area contributed by atoms with Crippen molar-refractivity contribution < 1.29 is 24.5 Å². The molecule has 422 valence electrons. The standard InChI is InChI=1S/C65H127NO5/c1-3-5-7-9-11-13-15-16-36-39-43-47-51-55-59-65(70)71-60-56-52-48-44-40-37-34-32-30-28-26-24-22-20-18-17-19-21-23-25-27-29-31-33-35-38-42-46-50-54-58-64(69)66-62(61-67)63(68)57-53-49-45-41-14-12-10-8-6-4-2/h15-16,62-63,67-68H,3-14,17-61H2,1-2H3,(H,66,69)/b16-15-. The lowest BCUT2D eigenvalue weighted by Crippen LogP contribution is -2.45. The van der Waals surface area contributed by atoms with Crippen molar-refractivity contribution in [3.05, 3.63) is 12.2 Å². The van der Waals surface area contributed by atoms with E-state index in [9.17, 15) is 19.8 Å². The summed E-state index contributed by atoms with van der Waals surface area (Å²) in [4.78, 5) is 24.5. The summed E-state index contributed by atoms with van der Waals surface area (Å²) in [6, 6.07) is -0.536. The third-order valence-electron chi connectivity index (χ3n) is 15.3. The van der Waals surface area contributed by atoms with Gasteiger partial charge in [0, 0.05) is 12.8 Å². The Labute approximate surface area is 444 Å². The molecule has 0 radical (unpaired) electrons. The van der Waals surface area contributed by atoms with E-state index in [0.29, 0.717) is 25.9 Å². The number of rotatable bonds is 61. The summed E-state index contributed by atoms with van der Waals surface area (Å²) >= 11 is 0. The fourth-order valence-electron chi connectivity index (χ4n) is 10.3. The summed E-state index contributed by atoms with van der Waals surface area (Å²) in [6.45, 7) is 4.95. The number of carbonyl (C=O) groups excluding carboxylic acids is 2. The molecular formula is C65H127NO5. The van der Waals surface area contributed by atoms with Gasteiger partial charge in [-0.2, -0.15) is 0 Å². The number of aliphatic hydroxyl groups excluding tert-OH is 2. The van der Waals surface area contributed by atoms with Gasteiger partial charge >= 0.3 is 5.97 Å². The molecule has 0 aromatic carbocycles. The number of carbonyl (C=O) groups is 2. The van der Waals surface area contributed by atoms with Crippen LogP contribution < -0.4 is 5.32 Å². The fourth-order valence-corrected chi connectivity index (χ4v) is 10.3. The fraction of sp³-hybridized carbons (Fsp3) is 0.938. The van der Waals surface area contributed by atoms with Crippen LogP contribution in [0.2, 0.25) is 0 Å². The molecule has 0 rings (SSSR count). The zero-order valence-electron chi connectivity index (χ0n) is 48.2. The van der Waals surface area contributed by atoms with E-state index in [1.165, 1.54) is 289 Å². The van der Waals surface area contributed by atoms with E-state index >= 15 is 0 Å². The lowest BCUT2D eigenvalue weighted by Gasteiger charge is -2.22. The van der Waals surface area contributed by atoms with Crippen LogP contribution in [0.4, 0.5) is 0 Å². The second-order valence-corrected chi connectivity index (χ2v) is 22.5. The van der Waals surface area contributed by atoms with Crippen LogP contribution in [0.3, 0.4) is 0 Å². The maximum absolute atomic E-state index is 12.4. The van der Waals surface area contributed by atoms with Crippen LogP contribution in [0.25, 0.3) is 0 Å². The first-order chi connectivity index (χ1) is 35.0. The summed E-state index contributed by atoms with van der Waals surface area (Å²) in [5.41, 5.74) is 0. The Hall–Kier alpha value is -1.40. The van der Waals surface area contributed by atoms with Gasteiger partial charge in [0.25, 0.3) is 0 Å². The van der Waals surface area contributed by atoms with Gasteiger partial charge in [-0.1, -0.05) is 315 Å². The van der Waals surface area contributed by atoms with Crippen LogP contribution in [0, 0.1) is 0 Å². The Balaban J connectivity index is 3.30. The number of aliphatic hydroxyl groups is 2. The molecule has 0 saturated heterocycles. The highest BCUT2D eigenvalue weighted by molar-refractivity contribution is 5.76. The number of unbranched alkanes of at least 4 members (excludes halogenated alkanes) is 48. The van der Waals surface area contributed by atoms with Crippen LogP contribution in [-0.2, 0) is 14.3 Å². The average molecular weight is 1000 g/mol. The van der Waals surface area contributed by atoms with Gasteiger partial charge in [0.05, 0.1) is 25.4 Å². The summed E-state index contributed by atoms with van der Waals surface area (Å²) in [5, 5.41) is 23.2. The van der Waals surface area contributed by atoms with Crippen LogP contribution in [0.15, 0.2) is 12.2 Å². The third kappa shape index (κ3) is 57.7. The second kappa shape index (κ2) is 61.1. The monoisotopic (exact) mass is 1000 g/mol. The first-order valence-electron chi connectivity index (χ1n) is 32.4. The molecule has 0 bridgehead atoms. The topological polar surface area (TPSA) is 95.9 Å². The summed E-state index contributed by atoms with van der Waals surface area (Å²) in [7, 11) is 0. The molecular weight excluding hydrogens is 875 g/mol. The van der Waals surface area contributed by atoms with E-state index in [-0.39, 0.29) is 18.5 Å². The van der Waals surface area contributed by atoms with Gasteiger partial charge in [0.1, 0.15) is 0 Å². The molecule has 0 aliphatic carbocycles. The van der Waals surface area contributed by atoms with E-state index in [0.717, 1.165) is 44.9 Å². The molecule has 71 heavy (non-hydrogen) atoms. The minimum Gasteiger partial charge on any atom is -0.466 e. The lowest BCUT2D eigenvalue weighted by molar-refractivity contribution is -0.143. The van der Waals surface area contributed by atoms with Gasteiger partial charge in [-0.15, -0.1) is 0 Å². The van der Waals surface area contributed by atoms with E-state index in [1.807, 2.05) is 0 Å². The molecule has 0 fully saturated rings. The maximum Gasteiger partial charge on any atom is 0.305 e. The predicted molar refractivity (Wildman–Crippen MR) is 310 cm³/mol. The first kappa shape index (κ1) is 69.6. The molecule has 3 N–H and O–H groups in total. The minimum atomic E-state index is -0.659. The first-order valence-corrected chi connectivity index (χ1v) is 32.4. The number of hydrogen-bond acceptors (Lipinski definition) is 5. The maximum atomic E-state index is 12.4. The largest absolute Gasteiger partial charge is 0.466 e. The predicted octanol–water partition coefficient (Wildman–Crippen LogP) is 20.4. The Bertz CT molecular complexity index is 1060. The van der Waals surface area contributed by atoms with Crippen molar-refractivity contribution in [3.8, 4) is 0 Å². The number of allylic oxidation sites excluding steroid dienone is 2. The summed E-state index contributed by atoms with van der Waals surface area (Å²) in [5.74, 6) is -0.0190. The zero-order chi connectivity index (χ0) is 51.4. The third-order valence-corrected chi connectivity index (χ3v) is 15.3. The van der Waals surface area contributed by atoms with Crippen molar-refractivity contribution in [3.63, 3.8) is 0 Å². The highest BCUT2D eigenvalue weighted by Crippen LogP contribution is 2.19. The van der Waals surface area contributed by atoms with Crippen molar-refractivity contribution in [2.24, 2.45) is 0 Å². The quantitative estimate of drug-likeness (QED) is 0.0320. The molecule has 0 spiro atoms. The highest BCUT2D eigenvalue weighted by atomic mass is 16.5. The number of nitrogens with one attached hydrogen (secondary N) is 1. The van der Waals surface area contributed by atoms with Crippen LogP contribution in [0.1, 0.15) is 367 Å². The molecule has 0 aromatic rings. The molecule has 0 heterocycles. The molecule has 0 aliphatic rings. The Kier molecular flexibility index (Phi) is 59.9. The van der Waals surface area contributed by atoms with Gasteiger partial charge in [-0.3, -0.25) is 9.59 Å². The Morgan fingerprint density at radius 3 is 1.00 bits per heavy atom. The van der Waals surface area contributed by atoms with Crippen molar-refractivity contribution in [2.75, 3.05) is 13.2 Å².